The zero-order valence-corrected chi connectivity index (χ0v) is 18.7. The van der Waals surface area contributed by atoms with Crippen LogP contribution in [0.4, 0.5) is 21.5 Å². The lowest BCUT2D eigenvalue weighted by atomic mass is 9.80. The Hall–Kier alpha value is -3.42. The van der Waals surface area contributed by atoms with E-state index < -0.39 is 28.6 Å². The van der Waals surface area contributed by atoms with Crippen LogP contribution in [-0.4, -0.2) is 5.91 Å². The molecule has 0 aliphatic carbocycles. The fourth-order valence-corrected chi connectivity index (χ4v) is 4.05. The molecule has 3 aromatic rings. The van der Waals surface area contributed by atoms with Crippen molar-refractivity contribution in [3.8, 4) is 0 Å². The Bertz CT molecular complexity index is 1280. The number of furan rings is 1. The fourth-order valence-electron chi connectivity index (χ4n) is 4.05. The van der Waals surface area contributed by atoms with Gasteiger partial charge in [0.1, 0.15) is 28.7 Å². The minimum Gasteiger partial charge on any atom is -0.464 e. The number of benzene rings is 1. The number of rotatable bonds is 7. The second-order valence-electron chi connectivity index (χ2n) is 8.98. The summed E-state index contributed by atoms with van der Waals surface area (Å²) in [7, 11) is 0. The van der Waals surface area contributed by atoms with Gasteiger partial charge in [0.15, 0.2) is 0 Å². The topological polar surface area (TPSA) is 100 Å². The maximum atomic E-state index is 14.7. The van der Waals surface area contributed by atoms with Gasteiger partial charge in [-0.3, -0.25) is 14.4 Å². The van der Waals surface area contributed by atoms with E-state index in [1.54, 1.807) is 13.0 Å². The highest BCUT2D eigenvalue weighted by molar-refractivity contribution is 6.05. The molecule has 2 aromatic carbocycles. The van der Waals surface area contributed by atoms with Gasteiger partial charge in [0, 0.05) is 0 Å². The maximum absolute atomic E-state index is 14.7. The highest BCUT2D eigenvalue weighted by atomic mass is 19.1. The largest absolute Gasteiger partial charge is 0.464 e. The molecule has 3 N–H and O–H groups in total. The Morgan fingerprint density at radius 2 is 1.78 bits per heavy atom. The lowest BCUT2D eigenvalue weighted by Gasteiger charge is -2.34. The van der Waals surface area contributed by atoms with Gasteiger partial charge in [-0.15, -0.1) is 0 Å². The van der Waals surface area contributed by atoms with Crippen molar-refractivity contribution >= 4 is 23.0 Å². The molecular formula is C24H26FN3O4. The molecule has 8 heteroatoms. The summed E-state index contributed by atoms with van der Waals surface area (Å²) in [6.07, 6.45) is 0.765. The highest BCUT2D eigenvalue weighted by Crippen LogP contribution is 2.41. The molecule has 1 aliphatic heterocycles. The summed E-state index contributed by atoms with van der Waals surface area (Å²) >= 11 is 0. The van der Waals surface area contributed by atoms with Crippen molar-refractivity contribution in [1.82, 2.24) is 5.32 Å². The average molecular weight is 439 g/mol. The minimum atomic E-state index is -0.764. The van der Waals surface area contributed by atoms with Crippen LogP contribution in [0.25, 0.3) is 0 Å². The number of fused-ring (bicyclic) bond motifs is 1. The molecule has 4 rings (SSSR count). The first kappa shape index (κ1) is 21.8. The van der Waals surface area contributed by atoms with Gasteiger partial charge in [0.05, 0.1) is 23.3 Å². The normalized spacial score (nSPS) is 16.7. The van der Waals surface area contributed by atoms with Crippen LogP contribution in [0.2, 0.25) is 0 Å². The molecule has 0 spiro atoms. The molecule has 1 amide bonds. The third kappa shape index (κ3) is 3.39. The first-order valence-electron chi connectivity index (χ1n) is 10.6. The number of halogens is 1. The molecule has 0 saturated carbocycles. The van der Waals surface area contributed by atoms with E-state index in [-0.39, 0.29) is 34.1 Å². The maximum Gasteiger partial charge on any atom is 0.254 e. The molecule has 1 aromatic heterocycles. The second kappa shape index (κ2) is 7.62. The summed E-state index contributed by atoms with van der Waals surface area (Å²) in [5.41, 5.74) is -1.13. The second-order valence-corrected chi connectivity index (χ2v) is 8.98. The Labute approximate surface area is 184 Å². The number of hydrogen-bond acceptors (Lipinski definition) is 6. The summed E-state index contributed by atoms with van der Waals surface area (Å²) in [5, 5.41) is 8.63. The monoisotopic (exact) mass is 439 g/mol. The van der Waals surface area contributed by atoms with Gasteiger partial charge < -0.3 is 20.4 Å². The Morgan fingerprint density at radius 3 is 2.41 bits per heavy atom. The van der Waals surface area contributed by atoms with Crippen LogP contribution in [0.15, 0.2) is 38.3 Å². The lowest BCUT2D eigenvalue weighted by Crippen LogP contribution is -2.40. The lowest BCUT2D eigenvalue weighted by molar-refractivity contribution is 0.0959. The SMILES string of the molecule is CCC(C)(C)[C@H](Nc1c(Nc2c(F)ccc3c2C(=O)N[C@@H]3C)c(=O)c1=O)c1ccc(C)o1. The van der Waals surface area contributed by atoms with E-state index in [4.69, 9.17) is 4.42 Å². The van der Waals surface area contributed by atoms with Crippen LogP contribution < -0.4 is 26.8 Å². The fraction of sp³-hybridized carbons (Fsp3) is 0.375. The van der Waals surface area contributed by atoms with Crippen molar-refractivity contribution in [2.24, 2.45) is 5.41 Å². The molecule has 0 fully saturated rings. The van der Waals surface area contributed by atoms with Gasteiger partial charge in [-0.25, -0.2) is 4.39 Å². The number of aryl methyl sites for hydroxylation is 1. The molecule has 2 atom stereocenters. The first-order chi connectivity index (χ1) is 15.0. The van der Waals surface area contributed by atoms with E-state index in [0.29, 0.717) is 11.3 Å². The van der Waals surface area contributed by atoms with Crippen molar-refractivity contribution in [2.75, 3.05) is 10.6 Å². The van der Waals surface area contributed by atoms with Gasteiger partial charge >= 0.3 is 0 Å². The van der Waals surface area contributed by atoms with Crippen LogP contribution >= 0.6 is 0 Å². The van der Waals surface area contributed by atoms with Gasteiger partial charge in [-0.2, -0.15) is 0 Å². The Morgan fingerprint density at radius 1 is 1.09 bits per heavy atom. The highest BCUT2D eigenvalue weighted by Gasteiger charge is 2.36. The van der Waals surface area contributed by atoms with E-state index in [1.807, 2.05) is 39.8 Å². The van der Waals surface area contributed by atoms with Gasteiger partial charge in [0.2, 0.25) is 0 Å². The van der Waals surface area contributed by atoms with Crippen LogP contribution in [0.1, 0.15) is 73.6 Å². The van der Waals surface area contributed by atoms with Gasteiger partial charge in [-0.05, 0) is 49.4 Å². The van der Waals surface area contributed by atoms with Crippen LogP contribution in [0.3, 0.4) is 0 Å². The standard InChI is InChI=1S/C24H26FN3O4/c1-6-24(4,5)22(15-10-7-11(2)32-15)28-19-18(20(29)21(19)30)27-17-14(25)9-8-13-12(3)26-23(31)16(13)17/h7-10,12,22,27-28H,6H2,1-5H3,(H,26,31)/t12-,22-/m1/s1. The van der Waals surface area contributed by atoms with Crippen molar-refractivity contribution in [3.63, 3.8) is 0 Å². The molecule has 0 bridgehead atoms. The van der Waals surface area contributed by atoms with E-state index >= 15 is 0 Å². The molecule has 32 heavy (non-hydrogen) atoms. The Balaban J connectivity index is 1.74. The zero-order valence-electron chi connectivity index (χ0n) is 18.7. The summed E-state index contributed by atoms with van der Waals surface area (Å²) in [6, 6.07) is 5.77. The molecule has 168 valence electrons. The molecule has 1 aliphatic rings. The number of hydrogen-bond donors (Lipinski definition) is 3. The number of anilines is 3. The smallest absolute Gasteiger partial charge is 0.254 e. The van der Waals surface area contributed by atoms with E-state index in [1.165, 1.54) is 6.07 Å². The number of carbonyl (C=O) groups is 1. The van der Waals surface area contributed by atoms with Crippen LogP contribution in [0, 0.1) is 18.2 Å². The van der Waals surface area contributed by atoms with Gasteiger partial charge in [0.25, 0.3) is 16.8 Å². The minimum absolute atomic E-state index is 0.0547. The first-order valence-corrected chi connectivity index (χ1v) is 10.6. The number of nitrogens with one attached hydrogen (secondary N) is 3. The predicted octanol–water partition coefficient (Wildman–Crippen LogP) is 4.46. The molecule has 0 unspecified atom stereocenters. The number of carbonyl (C=O) groups excluding carboxylic acids is 1. The van der Waals surface area contributed by atoms with Crippen LogP contribution in [0.5, 0.6) is 0 Å². The quantitative estimate of drug-likeness (QED) is 0.470. The molecule has 7 nitrogen and oxygen atoms in total. The molecule has 2 heterocycles. The van der Waals surface area contributed by atoms with Gasteiger partial charge in [-0.1, -0.05) is 26.8 Å². The molecular weight excluding hydrogens is 413 g/mol. The average Bonchev–Trinajstić information content (AvgIpc) is 3.30. The Kier molecular flexibility index (Phi) is 5.19. The molecule has 0 saturated heterocycles. The third-order valence-electron chi connectivity index (χ3n) is 6.42. The number of amides is 1. The van der Waals surface area contributed by atoms with E-state index in [9.17, 15) is 18.8 Å². The summed E-state index contributed by atoms with van der Waals surface area (Å²) in [4.78, 5) is 37.3. The van der Waals surface area contributed by atoms with Crippen molar-refractivity contribution in [1.29, 1.82) is 0 Å². The van der Waals surface area contributed by atoms with Crippen molar-refractivity contribution < 1.29 is 13.6 Å². The molecule has 0 radical (unpaired) electrons. The zero-order chi connectivity index (χ0) is 23.4. The van der Waals surface area contributed by atoms with Crippen molar-refractivity contribution in [3.05, 3.63) is 73.2 Å². The third-order valence-corrected chi connectivity index (χ3v) is 6.42. The predicted molar refractivity (Wildman–Crippen MR) is 121 cm³/mol. The van der Waals surface area contributed by atoms with Crippen molar-refractivity contribution in [2.45, 2.75) is 53.1 Å². The summed E-state index contributed by atoms with van der Waals surface area (Å²) in [6.45, 7) is 9.69. The van der Waals surface area contributed by atoms with E-state index in [2.05, 4.69) is 16.0 Å². The summed E-state index contributed by atoms with van der Waals surface area (Å²) in [5.74, 6) is 0.246. The summed E-state index contributed by atoms with van der Waals surface area (Å²) < 4.78 is 20.5. The van der Waals surface area contributed by atoms with E-state index in [0.717, 1.165) is 12.2 Å². The van der Waals surface area contributed by atoms with Crippen LogP contribution in [-0.2, 0) is 0 Å².